The van der Waals surface area contributed by atoms with Crippen LogP contribution in [0.5, 0.6) is 11.5 Å². The zero-order valence-electron chi connectivity index (χ0n) is 9.67. The first-order chi connectivity index (χ1) is 8.11. The van der Waals surface area contributed by atoms with Crippen molar-refractivity contribution in [3.8, 4) is 11.5 Å². The predicted molar refractivity (Wildman–Crippen MR) is 54.2 cm³/mol. The second-order valence-electron chi connectivity index (χ2n) is 3.19. The topological polar surface area (TPSA) is 65.0 Å². The van der Waals surface area contributed by atoms with Gasteiger partial charge in [0.25, 0.3) is 0 Å². The molecule has 1 aliphatic rings. The van der Waals surface area contributed by atoms with Gasteiger partial charge in [-0.25, -0.2) is 4.79 Å². The van der Waals surface area contributed by atoms with Crippen molar-refractivity contribution in [2.45, 2.75) is 13.0 Å². The molecule has 2 atom stereocenters. The Balaban J connectivity index is 2.18. The van der Waals surface area contributed by atoms with Crippen LogP contribution in [0.2, 0.25) is 0 Å². The summed E-state index contributed by atoms with van der Waals surface area (Å²) < 4.78 is 22.0. The molecule has 5 heteroatoms. The van der Waals surface area contributed by atoms with E-state index in [1.165, 1.54) is 12.1 Å². The average molecular weight is 225 g/mol. The number of carbonyl (C=O) groups excluding carboxylic acids is 1. The summed E-state index contributed by atoms with van der Waals surface area (Å²) in [5, 5.41) is 9.70. The maximum absolute atomic E-state index is 11.3. The van der Waals surface area contributed by atoms with Crippen LogP contribution in [0.1, 0.15) is 20.0 Å². The van der Waals surface area contributed by atoms with Crippen molar-refractivity contribution in [3.05, 3.63) is 23.8 Å². The minimum atomic E-state index is -1.35. The molecule has 1 aromatic carbocycles. The van der Waals surface area contributed by atoms with Crippen LogP contribution in [0.3, 0.4) is 0 Å². The highest BCUT2D eigenvalue weighted by Gasteiger charge is 2.22. The standard InChI is InChI=1S/C11H12O5/c1-2-14-11(13)10(12)7-3-4-8-9(5-7)16-6-15-8/h3-5,10,12H,2,6H2,1H3/t10-/m0/s1/i6D/t6?,10-. The van der Waals surface area contributed by atoms with Gasteiger partial charge in [0.2, 0.25) is 6.77 Å². The van der Waals surface area contributed by atoms with Crippen molar-refractivity contribution in [3.63, 3.8) is 0 Å². The van der Waals surface area contributed by atoms with Crippen LogP contribution in [0, 0.1) is 0 Å². The summed E-state index contributed by atoms with van der Waals surface area (Å²) in [6.07, 6.45) is -1.35. The van der Waals surface area contributed by atoms with E-state index >= 15 is 0 Å². The molecule has 0 amide bonds. The second-order valence-corrected chi connectivity index (χ2v) is 3.19. The van der Waals surface area contributed by atoms with Gasteiger partial charge in [-0.3, -0.25) is 0 Å². The van der Waals surface area contributed by atoms with Crippen LogP contribution in [0.25, 0.3) is 0 Å². The van der Waals surface area contributed by atoms with Crippen LogP contribution in [-0.4, -0.2) is 24.5 Å². The Morgan fingerprint density at radius 2 is 2.38 bits per heavy atom. The van der Waals surface area contributed by atoms with Crippen molar-refractivity contribution in [1.82, 2.24) is 0 Å². The molecule has 1 N–H and O–H groups in total. The van der Waals surface area contributed by atoms with E-state index in [0.717, 1.165) is 0 Å². The normalized spacial score (nSPS) is 20.1. The van der Waals surface area contributed by atoms with Gasteiger partial charge in [-0.15, -0.1) is 0 Å². The quantitative estimate of drug-likeness (QED) is 0.778. The number of ether oxygens (including phenoxy) is 3. The molecule has 0 saturated heterocycles. The first kappa shape index (κ1) is 9.47. The lowest BCUT2D eigenvalue weighted by Crippen LogP contribution is -2.15. The molecule has 1 aromatic rings. The lowest BCUT2D eigenvalue weighted by molar-refractivity contribution is -0.153. The number of fused-ring (bicyclic) bond motifs is 1. The fourth-order valence-corrected chi connectivity index (χ4v) is 1.37. The number of hydrogen-bond acceptors (Lipinski definition) is 5. The van der Waals surface area contributed by atoms with Gasteiger partial charge in [0.05, 0.1) is 6.61 Å². The highest BCUT2D eigenvalue weighted by molar-refractivity contribution is 5.76. The Morgan fingerprint density at radius 3 is 3.12 bits per heavy atom. The van der Waals surface area contributed by atoms with Gasteiger partial charge in [0.1, 0.15) is 1.37 Å². The number of rotatable bonds is 3. The first-order valence-corrected chi connectivity index (χ1v) is 4.86. The van der Waals surface area contributed by atoms with Gasteiger partial charge in [0, 0.05) is 0 Å². The molecule has 86 valence electrons. The third-order valence-corrected chi connectivity index (χ3v) is 2.14. The number of esters is 1. The Morgan fingerprint density at radius 1 is 1.62 bits per heavy atom. The number of carbonyl (C=O) groups is 1. The fourth-order valence-electron chi connectivity index (χ4n) is 1.37. The molecular weight excluding hydrogens is 212 g/mol. The summed E-state index contributed by atoms with van der Waals surface area (Å²) in [5.74, 6) is 0.0458. The molecule has 0 saturated carbocycles. The molecule has 2 rings (SSSR count). The largest absolute Gasteiger partial charge is 0.464 e. The minimum absolute atomic E-state index is 0.204. The second kappa shape index (κ2) is 4.40. The van der Waals surface area contributed by atoms with E-state index in [9.17, 15) is 9.90 Å². The summed E-state index contributed by atoms with van der Waals surface area (Å²) in [7, 11) is 0. The summed E-state index contributed by atoms with van der Waals surface area (Å²) in [6.45, 7) is 0.768. The Bertz CT molecular complexity index is 434. The lowest BCUT2D eigenvalue weighted by Gasteiger charge is -2.10. The highest BCUT2D eigenvalue weighted by atomic mass is 16.7. The Kier molecular flexibility index (Phi) is 2.61. The third kappa shape index (κ3) is 1.94. The van der Waals surface area contributed by atoms with Crippen LogP contribution in [0.15, 0.2) is 18.2 Å². The maximum atomic E-state index is 11.3. The van der Waals surface area contributed by atoms with Crippen molar-refractivity contribution in [2.75, 3.05) is 13.4 Å². The minimum Gasteiger partial charge on any atom is -0.464 e. The number of aliphatic hydroxyl groups is 1. The number of hydrogen-bond donors (Lipinski definition) is 1. The monoisotopic (exact) mass is 225 g/mol. The van der Waals surface area contributed by atoms with E-state index in [4.69, 9.17) is 15.6 Å². The molecule has 0 fully saturated rings. The van der Waals surface area contributed by atoms with Gasteiger partial charge >= 0.3 is 5.97 Å². The van der Waals surface area contributed by atoms with Gasteiger partial charge < -0.3 is 19.3 Å². The van der Waals surface area contributed by atoms with Gasteiger partial charge in [-0.2, -0.15) is 0 Å². The zero-order chi connectivity index (χ0) is 12.4. The van der Waals surface area contributed by atoms with Crippen molar-refractivity contribution in [1.29, 1.82) is 0 Å². The van der Waals surface area contributed by atoms with E-state index in [-0.39, 0.29) is 6.61 Å². The molecule has 0 radical (unpaired) electrons. The van der Waals surface area contributed by atoms with E-state index < -0.39 is 18.8 Å². The molecule has 5 nitrogen and oxygen atoms in total. The van der Waals surface area contributed by atoms with Crippen LogP contribution < -0.4 is 9.47 Å². The summed E-state index contributed by atoms with van der Waals surface area (Å²) in [6, 6.07) is 4.54. The van der Waals surface area contributed by atoms with Gasteiger partial charge in [-0.1, -0.05) is 6.07 Å². The molecule has 1 aliphatic heterocycles. The Hall–Kier alpha value is -1.75. The smallest absolute Gasteiger partial charge is 0.339 e. The molecule has 0 aromatic heterocycles. The van der Waals surface area contributed by atoms with Crippen LogP contribution >= 0.6 is 0 Å². The summed E-state index contributed by atoms with van der Waals surface area (Å²) in [5.41, 5.74) is 0.347. The van der Waals surface area contributed by atoms with Crippen molar-refractivity contribution >= 4 is 5.97 Å². The zero-order valence-corrected chi connectivity index (χ0v) is 8.67. The van der Waals surface area contributed by atoms with Crippen molar-refractivity contribution in [2.24, 2.45) is 0 Å². The molecule has 0 aliphatic carbocycles. The van der Waals surface area contributed by atoms with Crippen LogP contribution in [0.4, 0.5) is 0 Å². The molecular formula is C11H12O5. The van der Waals surface area contributed by atoms with E-state index in [1.54, 1.807) is 13.0 Å². The molecule has 0 spiro atoms. The number of aliphatic hydroxyl groups excluding tert-OH is 1. The highest BCUT2D eigenvalue weighted by Crippen LogP contribution is 2.34. The van der Waals surface area contributed by atoms with E-state index in [1.807, 2.05) is 0 Å². The average Bonchev–Trinajstić information content (AvgIpc) is 2.67. The molecule has 1 unspecified atom stereocenters. The lowest BCUT2D eigenvalue weighted by atomic mass is 10.1. The first-order valence-electron chi connectivity index (χ1n) is 5.43. The number of benzene rings is 1. The third-order valence-electron chi connectivity index (χ3n) is 2.14. The van der Waals surface area contributed by atoms with Crippen molar-refractivity contribution < 1.29 is 25.5 Å². The summed E-state index contributed by atoms with van der Waals surface area (Å²) in [4.78, 5) is 11.3. The van der Waals surface area contributed by atoms with Gasteiger partial charge in [0.15, 0.2) is 17.6 Å². The van der Waals surface area contributed by atoms with E-state index in [2.05, 4.69) is 0 Å². The van der Waals surface area contributed by atoms with E-state index in [0.29, 0.717) is 17.1 Å². The molecule has 0 bridgehead atoms. The summed E-state index contributed by atoms with van der Waals surface area (Å²) >= 11 is 0. The maximum Gasteiger partial charge on any atom is 0.339 e. The SMILES string of the molecule is [2H]C1Oc2ccc([C@H](O)C(=O)OCC)cc2O1. The van der Waals surface area contributed by atoms with Crippen LogP contribution in [-0.2, 0) is 9.53 Å². The molecule has 16 heavy (non-hydrogen) atoms. The Labute approximate surface area is 94.0 Å². The molecule has 1 heterocycles. The predicted octanol–water partition coefficient (Wildman–Crippen LogP) is 1.01. The van der Waals surface area contributed by atoms with Gasteiger partial charge in [-0.05, 0) is 24.6 Å². The fraction of sp³-hybridized carbons (Fsp3) is 0.364.